The Hall–Kier alpha value is -3.40. The summed E-state index contributed by atoms with van der Waals surface area (Å²) in [6, 6.07) is 22.4. The summed E-state index contributed by atoms with van der Waals surface area (Å²) in [4.78, 5) is 17.3. The molecule has 0 fully saturated rings. The van der Waals surface area contributed by atoms with Crippen molar-refractivity contribution in [3.05, 3.63) is 90.2 Å². The molecule has 0 amide bonds. The Labute approximate surface area is 144 Å². The Kier molecular flexibility index (Phi) is 4.01. The fraction of sp³-hybridized carbons (Fsp3) is 0.0476. The van der Waals surface area contributed by atoms with E-state index in [1.807, 2.05) is 60.7 Å². The monoisotopic (exact) mass is 329 g/mol. The van der Waals surface area contributed by atoms with Crippen LogP contribution in [0.4, 0.5) is 0 Å². The lowest BCUT2D eigenvalue weighted by atomic mass is 10.1. The van der Waals surface area contributed by atoms with Crippen LogP contribution < -0.4 is 0 Å². The van der Waals surface area contributed by atoms with Crippen LogP contribution in [0.2, 0.25) is 0 Å². The van der Waals surface area contributed by atoms with Gasteiger partial charge in [0, 0.05) is 5.39 Å². The summed E-state index contributed by atoms with van der Waals surface area (Å²) in [6.07, 6.45) is 1.58. The van der Waals surface area contributed by atoms with Crippen LogP contribution >= 0.6 is 0 Å². The highest BCUT2D eigenvalue weighted by Gasteiger charge is 2.16. The number of furan rings is 1. The fourth-order valence-corrected chi connectivity index (χ4v) is 2.70. The van der Waals surface area contributed by atoms with Crippen molar-refractivity contribution in [2.45, 2.75) is 6.61 Å². The molecule has 0 unspecified atom stereocenters. The first-order valence-electron chi connectivity index (χ1n) is 7.96. The topological polar surface area (TPSA) is 52.3 Å². The summed E-state index contributed by atoms with van der Waals surface area (Å²) in [5.41, 5.74) is 2.76. The van der Waals surface area contributed by atoms with E-state index in [9.17, 15) is 4.79 Å². The summed E-state index contributed by atoms with van der Waals surface area (Å²) in [5.74, 6) is 0.234. The van der Waals surface area contributed by atoms with E-state index in [2.05, 4.69) is 4.98 Å². The molecule has 4 rings (SSSR count). The second-order valence-electron chi connectivity index (χ2n) is 5.61. The predicted octanol–water partition coefficient (Wildman–Crippen LogP) is 4.85. The molecular formula is C21H15NO3. The van der Waals surface area contributed by atoms with Gasteiger partial charge in [0.2, 0.25) is 0 Å². The molecule has 0 bridgehead atoms. The van der Waals surface area contributed by atoms with Crippen molar-refractivity contribution in [2.24, 2.45) is 0 Å². The minimum atomic E-state index is -0.379. The lowest BCUT2D eigenvalue weighted by Crippen LogP contribution is -2.07. The van der Waals surface area contributed by atoms with E-state index in [1.165, 1.54) is 0 Å². The van der Waals surface area contributed by atoms with Crippen LogP contribution in [0.3, 0.4) is 0 Å². The zero-order valence-electron chi connectivity index (χ0n) is 13.4. The van der Waals surface area contributed by atoms with E-state index in [-0.39, 0.29) is 12.6 Å². The van der Waals surface area contributed by atoms with Gasteiger partial charge in [-0.1, -0.05) is 48.5 Å². The van der Waals surface area contributed by atoms with Gasteiger partial charge in [0.05, 0.1) is 17.3 Å². The average Bonchev–Trinajstić information content (AvgIpc) is 3.21. The molecule has 2 heterocycles. The number of carbonyl (C=O) groups is 1. The normalized spacial score (nSPS) is 10.7. The molecule has 4 heteroatoms. The zero-order valence-corrected chi connectivity index (χ0v) is 13.4. The molecule has 4 nitrogen and oxygen atoms in total. The maximum absolute atomic E-state index is 12.7. The van der Waals surface area contributed by atoms with Crippen LogP contribution in [-0.4, -0.2) is 11.0 Å². The lowest BCUT2D eigenvalue weighted by Gasteiger charge is -2.09. The summed E-state index contributed by atoms with van der Waals surface area (Å²) in [6.45, 7) is 0.229. The second-order valence-corrected chi connectivity index (χ2v) is 5.61. The number of carbonyl (C=O) groups excluding carboxylic acids is 1. The van der Waals surface area contributed by atoms with Crippen molar-refractivity contribution >= 4 is 16.9 Å². The van der Waals surface area contributed by atoms with E-state index in [4.69, 9.17) is 9.15 Å². The highest BCUT2D eigenvalue weighted by Crippen LogP contribution is 2.25. The number of hydrogen-bond acceptors (Lipinski definition) is 4. The smallest absolute Gasteiger partial charge is 0.339 e. The molecule has 0 saturated heterocycles. The van der Waals surface area contributed by atoms with Crippen molar-refractivity contribution < 1.29 is 13.9 Å². The number of nitrogens with zero attached hydrogens (tertiary/aromatic N) is 1. The third kappa shape index (κ3) is 3.15. The zero-order chi connectivity index (χ0) is 17.1. The number of esters is 1. The lowest BCUT2D eigenvalue weighted by molar-refractivity contribution is 0.0475. The van der Waals surface area contributed by atoms with Gasteiger partial charge in [0.25, 0.3) is 0 Å². The summed E-state index contributed by atoms with van der Waals surface area (Å²) >= 11 is 0. The van der Waals surface area contributed by atoms with Gasteiger partial charge < -0.3 is 9.15 Å². The number of hydrogen-bond donors (Lipinski definition) is 0. The molecule has 2 aromatic carbocycles. The molecule has 0 atom stereocenters. The molecule has 0 radical (unpaired) electrons. The average molecular weight is 329 g/mol. The van der Waals surface area contributed by atoms with E-state index < -0.39 is 0 Å². The van der Waals surface area contributed by atoms with Crippen molar-refractivity contribution in [2.75, 3.05) is 0 Å². The van der Waals surface area contributed by atoms with E-state index in [0.717, 1.165) is 16.5 Å². The van der Waals surface area contributed by atoms with Crippen molar-refractivity contribution in [3.63, 3.8) is 0 Å². The third-order valence-electron chi connectivity index (χ3n) is 3.92. The van der Waals surface area contributed by atoms with E-state index >= 15 is 0 Å². The Bertz CT molecular complexity index is 1010. The molecule has 25 heavy (non-hydrogen) atoms. The molecule has 0 aliphatic heterocycles. The number of pyridine rings is 1. The fourth-order valence-electron chi connectivity index (χ4n) is 2.70. The largest absolute Gasteiger partial charge is 0.463 e. The van der Waals surface area contributed by atoms with E-state index in [0.29, 0.717) is 17.0 Å². The Morgan fingerprint density at radius 3 is 2.56 bits per heavy atom. The van der Waals surface area contributed by atoms with Gasteiger partial charge in [-0.05, 0) is 29.8 Å². The molecule has 0 saturated carbocycles. The Morgan fingerprint density at radius 2 is 1.76 bits per heavy atom. The van der Waals surface area contributed by atoms with Crippen LogP contribution in [0.5, 0.6) is 0 Å². The van der Waals surface area contributed by atoms with Gasteiger partial charge in [-0.25, -0.2) is 9.78 Å². The van der Waals surface area contributed by atoms with Crippen molar-refractivity contribution in [1.82, 2.24) is 4.98 Å². The number of fused-ring (bicyclic) bond motifs is 1. The predicted molar refractivity (Wildman–Crippen MR) is 95.0 cm³/mol. The molecule has 0 N–H and O–H groups in total. The van der Waals surface area contributed by atoms with Crippen LogP contribution in [0, 0.1) is 0 Å². The minimum Gasteiger partial charge on any atom is -0.463 e. The summed E-state index contributed by atoms with van der Waals surface area (Å²) in [7, 11) is 0. The number of benzene rings is 2. The molecular weight excluding hydrogens is 314 g/mol. The van der Waals surface area contributed by atoms with Crippen LogP contribution in [-0.2, 0) is 11.3 Å². The Morgan fingerprint density at radius 1 is 0.960 bits per heavy atom. The molecule has 2 aromatic heterocycles. The summed E-state index contributed by atoms with van der Waals surface area (Å²) in [5, 5.41) is 0.760. The number of aromatic nitrogens is 1. The maximum atomic E-state index is 12.7. The van der Waals surface area contributed by atoms with Crippen LogP contribution in [0.25, 0.3) is 22.4 Å². The third-order valence-corrected chi connectivity index (χ3v) is 3.92. The number of rotatable bonds is 4. The second kappa shape index (κ2) is 6.61. The van der Waals surface area contributed by atoms with Gasteiger partial charge >= 0.3 is 5.97 Å². The molecule has 122 valence electrons. The molecule has 0 aliphatic carbocycles. The quantitative estimate of drug-likeness (QED) is 0.502. The van der Waals surface area contributed by atoms with Crippen LogP contribution in [0.15, 0.2) is 83.5 Å². The van der Waals surface area contributed by atoms with Gasteiger partial charge in [-0.2, -0.15) is 0 Å². The summed E-state index contributed by atoms with van der Waals surface area (Å²) < 4.78 is 10.9. The van der Waals surface area contributed by atoms with Crippen molar-refractivity contribution in [1.29, 1.82) is 0 Å². The standard InChI is InChI=1S/C21H15NO3/c23-21(25-14-15-7-2-1-3-8-15)17-13-19(20-11-6-12-24-20)22-18-10-5-4-9-16(17)18/h1-13H,14H2. The minimum absolute atomic E-state index is 0.229. The SMILES string of the molecule is O=C(OCc1ccccc1)c1cc(-c2ccco2)nc2ccccc12. The van der Waals surface area contributed by atoms with Gasteiger partial charge in [0.15, 0.2) is 5.76 Å². The van der Waals surface area contributed by atoms with Crippen molar-refractivity contribution in [3.8, 4) is 11.5 Å². The van der Waals surface area contributed by atoms with Gasteiger partial charge in [-0.15, -0.1) is 0 Å². The first kappa shape index (κ1) is 15.1. The molecule has 4 aromatic rings. The first-order valence-corrected chi connectivity index (χ1v) is 7.96. The van der Waals surface area contributed by atoms with Gasteiger partial charge in [-0.3, -0.25) is 0 Å². The van der Waals surface area contributed by atoms with Crippen LogP contribution in [0.1, 0.15) is 15.9 Å². The Balaban J connectivity index is 1.71. The number of para-hydroxylation sites is 1. The van der Waals surface area contributed by atoms with Gasteiger partial charge in [0.1, 0.15) is 12.3 Å². The number of ether oxygens (including phenoxy) is 1. The molecule has 0 aliphatic rings. The maximum Gasteiger partial charge on any atom is 0.339 e. The first-order chi connectivity index (χ1) is 12.3. The molecule has 0 spiro atoms. The highest BCUT2D eigenvalue weighted by atomic mass is 16.5. The van der Waals surface area contributed by atoms with E-state index in [1.54, 1.807) is 18.4 Å². The highest BCUT2D eigenvalue weighted by molar-refractivity contribution is 6.04.